The molecule has 2 radical (unpaired) electrons. The first-order chi connectivity index (χ1) is 7.16. The lowest BCUT2D eigenvalue weighted by Gasteiger charge is -2.18. The molecular formula is C12H17ClOSi. The van der Waals surface area contributed by atoms with E-state index in [9.17, 15) is 0 Å². The van der Waals surface area contributed by atoms with Crippen LogP contribution in [0, 0.1) is 12.3 Å². The van der Waals surface area contributed by atoms with Crippen molar-refractivity contribution in [3.63, 3.8) is 0 Å². The molecule has 1 aliphatic carbocycles. The third kappa shape index (κ3) is 4.88. The number of hydrogen-bond acceptors (Lipinski definition) is 1. The van der Waals surface area contributed by atoms with Gasteiger partial charge in [-0.15, -0.1) is 18.0 Å². The highest BCUT2D eigenvalue weighted by atomic mass is 35.5. The summed E-state index contributed by atoms with van der Waals surface area (Å²) in [6, 6.07) is 0.984. The third-order valence-corrected chi connectivity index (χ3v) is 4.62. The average Bonchev–Trinajstić information content (AvgIpc) is 2.64. The number of allylic oxidation sites excluding steroid dienone is 1. The Hall–Kier alpha value is -0.233. The highest BCUT2D eigenvalue weighted by Gasteiger charge is 2.31. The van der Waals surface area contributed by atoms with Gasteiger partial charge in [0.1, 0.15) is 0 Å². The summed E-state index contributed by atoms with van der Waals surface area (Å²) < 4.78 is 5.50. The summed E-state index contributed by atoms with van der Waals surface area (Å²) in [5, 5.41) is 0. The fraction of sp³-hybridized carbons (Fsp3) is 0.667. The zero-order valence-electron chi connectivity index (χ0n) is 9.18. The molecule has 1 aliphatic rings. The summed E-state index contributed by atoms with van der Waals surface area (Å²) in [4.78, 5) is 0.0311. The minimum Gasteiger partial charge on any atom is -0.414 e. The number of alkyl halides is 1. The first-order valence-corrected chi connectivity index (χ1v) is 6.82. The number of hydrogen-bond donors (Lipinski definition) is 0. The van der Waals surface area contributed by atoms with Gasteiger partial charge in [-0.2, -0.15) is 0 Å². The summed E-state index contributed by atoms with van der Waals surface area (Å²) in [5.41, 5.74) is 0.932. The van der Waals surface area contributed by atoms with E-state index in [-0.39, 0.29) is 4.87 Å². The molecular weight excluding hydrogens is 224 g/mol. The number of rotatable bonds is 5. The second kappa shape index (κ2) is 6.37. The molecule has 0 aromatic carbocycles. The van der Waals surface area contributed by atoms with Gasteiger partial charge in [-0.1, -0.05) is 18.8 Å². The van der Waals surface area contributed by atoms with E-state index < -0.39 is 0 Å². The molecule has 82 valence electrons. The van der Waals surface area contributed by atoms with Crippen LogP contribution in [-0.4, -0.2) is 21.2 Å². The molecule has 0 aromatic rings. The molecule has 3 heteroatoms. The van der Waals surface area contributed by atoms with E-state index in [1.54, 1.807) is 0 Å². The van der Waals surface area contributed by atoms with E-state index in [0.29, 0.717) is 16.4 Å². The first-order valence-electron chi connectivity index (χ1n) is 5.33. The maximum absolute atomic E-state index is 6.42. The lowest BCUT2D eigenvalue weighted by molar-refractivity contribution is 0.379. The van der Waals surface area contributed by atoms with Crippen LogP contribution >= 0.6 is 11.6 Å². The topological polar surface area (TPSA) is 9.23 Å². The molecule has 0 unspecified atom stereocenters. The summed E-state index contributed by atoms with van der Waals surface area (Å²) in [6.07, 6.45) is 12.0. The van der Waals surface area contributed by atoms with Crippen LogP contribution in [0.25, 0.3) is 0 Å². The van der Waals surface area contributed by atoms with Gasteiger partial charge in [-0.05, 0) is 37.5 Å². The molecule has 15 heavy (non-hydrogen) atoms. The zero-order chi connectivity index (χ0) is 11.1. The molecule has 0 heterocycles. The molecule has 0 bridgehead atoms. The van der Waals surface area contributed by atoms with Crippen LogP contribution in [0.15, 0.2) is 11.6 Å². The normalized spacial score (nSPS) is 20.2. The van der Waals surface area contributed by atoms with Gasteiger partial charge in [0.15, 0.2) is 0 Å². The Balaban J connectivity index is 2.09. The van der Waals surface area contributed by atoms with Crippen molar-refractivity contribution in [2.45, 2.75) is 43.5 Å². The van der Waals surface area contributed by atoms with Gasteiger partial charge < -0.3 is 4.43 Å². The van der Waals surface area contributed by atoms with Gasteiger partial charge in [-0.3, -0.25) is 0 Å². The molecule has 1 rings (SSSR count). The standard InChI is InChI=1S/C12H17ClOSi/c1-3-11(2)6-9-14-15-10-12(13)7-4-5-8-12/h1,6H,4-5,7-10H2,2H3/b11-6+. The Kier molecular flexibility index (Phi) is 5.45. The van der Waals surface area contributed by atoms with Crippen molar-refractivity contribution in [3.8, 4) is 12.3 Å². The fourth-order valence-corrected chi connectivity index (χ4v) is 3.00. The van der Waals surface area contributed by atoms with Crippen LogP contribution in [-0.2, 0) is 4.43 Å². The van der Waals surface area contributed by atoms with Crippen LogP contribution < -0.4 is 0 Å². The number of halogens is 1. The van der Waals surface area contributed by atoms with Gasteiger partial charge in [0.2, 0.25) is 9.76 Å². The van der Waals surface area contributed by atoms with E-state index >= 15 is 0 Å². The summed E-state index contributed by atoms with van der Waals surface area (Å²) in [6.45, 7) is 2.52. The molecule has 1 fully saturated rings. The molecule has 0 spiro atoms. The second-order valence-corrected chi connectivity index (χ2v) is 5.75. The summed E-state index contributed by atoms with van der Waals surface area (Å²) in [7, 11) is 0.493. The second-order valence-electron chi connectivity index (χ2n) is 4.02. The molecule has 0 saturated heterocycles. The third-order valence-electron chi connectivity index (χ3n) is 2.69. The van der Waals surface area contributed by atoms with Crippen LogP contribution in [0.5, 0.6) is 0 Å². The lowest BCUT2D eigenvalue weighted by atomic mass is 10.1. The van der Waals surface area contributed by atoms with E-state index in [0.717, 1.165) is 24.5 Å². The van der Waals surface area contributed by atoms with Gasteiger partial charge in [-0.25, -0.2) is 0 Å². The molecule has 0 aliphatic heterocycles. The predicted octanol–water partition coefficient (Wildman–Crippen LogP) is 3.17. The van der Waals surface area contributed by atoms with Crippen molar-refractivity contribution in [1.29, 1.82) is 0 Å². The maximum atomic E-state index is 6.42. The van der Waals surface area contributed by atoms with Gasteiger partial charge >= 0.3 is 0 Å². The van der Waals surface area contributed by atoms with E-state index in [4.69, 9.17) is 22.5 Å². The van der Waals surface area contributed by atoms with Gasteiger partial charge in [0.25, 0.3) is 0 Å². The Morgan fingerprint density at radius 2 is 2.27 bits per heavy atom. The van der Waals surface area contributed by atoms with Crippen LogP contribution in [0.3, 0.4) is 0 Å². The SMILES string of the molecule is C#C/C(C)=C/CO[Si]CC1(Cl)CCCC1. The van der Waals surface area contributed by atoms with Crippen LogP contribution in [0.2, 0.25) is 6.04 Å². The highest BCUT2D eigenvalue weighted by Crippen LogP contribution is 2.38. The molecule has 0 aromatic heterocycles. The van der Waals surface area contributed by atoms with Crippen molar-refractivity contribution in [1.82, 2.24) is 0 Å². The average molecular weight is 241 g/mol. The monoisotopic (exact) mass is 240 g/mol. The molecule has 0 N–H and O–H groups in total. The van der Waals surface area contributed by atoms with Crippen molar-refractivity contribution < 1.29 is 4.43 Å². The molecule has 1 nitrogen and oxygen atoms in total. The zero-order valence-corrected chi connectivity index (χ0v) is 10.9. The fourth-order valence-electron chi connectivity index (χ4n) is 1.65. The smallest absolute Gasteiger partial charge is 0.231 e. The van der Waals surface area contributed by atoms with E-state index in [1.807, 2.05) is 13.0 Å². The lowest BCUT2D eigenvalue weighted by Crippen LogP contribution is -2.19. The quantitative estimate of drug-likeness (QED) is 0.311. The van der Waals surface area contributed by atoms with Gasteiger partial charge in [0.05, 0.1) is 6.61 Å². The number of terminal acetylenes is 1. The van der Waals surface area contributed by atoms with Crippen molar-refractivity contribution in [2.24, 2.45) is 0 Å². The molecule has 1 saturated carbocycles. The highest BCUT2D eigenvalue weighted by molar-refractivity contribution is 6.34. The Bertz CT molecular complexity index is 261. The minimum absolute atomic E-state index is 0.0311. The van der Waals surface area contributed by atoms with E-state index in [1.165, 1.54) is 12.8 Å². The van der Waals surface area contributed by atoms with Crippen LogP contribution in [0.1, 0.15) is 32.6 Å². The Morgan fingerprint density at radius 1 is 1.60 bits per heavy atom. The summed E-state index contributed by atoms with van der Waals surface area (Å²) >= 11 is 6.42. The maximum Gasteiger partial charge on any atom is 0.231 e. The first kappa shape index (κ1) is 12.8. The van der Waals surface area contributed by atoms with Crippen molar-refractivity contribution >= 4 is 21.4 Å². The molecule has 0 amide bonds. The van der Waals surface area contributed by atoms with Crippen molar-refractivity contribution in [3.05, 3.63) is 11.6 Å². The largest absolute Gasteiger partial charge is 0.414 e. The van der Waals surface area contributed by atoms with E-state index in [2.05, 4.69) is 5.92 Å². The molecule has 0 atom stereocenters. The predicted molar refractivity (Wildman–Crippen MR) is 66.2 cm³/mol. The Labute approximate surface area is 100 Å². The van der Waals surface area contributed by atoms with Gasteiger partial charge in [0, 0.05) is 4.87 Å². The Morgan fingerprint density at radius 3 is 2.87 bits per heavy atom. The minimum atomic E-state index is 0.0311. The van der Waals surface area contributed by atoms with Crippen LogP contribution in [0.4, 0.5) is 0 Å². The summed E-state index contributed by atoms with van der Waals surface area (Å²) in [5.74, 6) is 2.56. The van der Waals surface area contributed by atoms with Crippen molar-refractivity contribution in [2.75, 3.05) is 6.61 Å².